The van der Waals surface area contributed by atoms with Gasteiger partial charge in [0.15, 0.2) is 18.0 Å². The number of nitrogens with one attached hydrogen (secondary N) is 1. The van der Waals surface area contributed by atoms with Gasteiger partial charge in [-0.3, -0.25) is 9.69 Å². The van der Waals surface area contributed by atoms with E-state index in [0.29, 0.717) is 30.5 Å². The number of ether oxygens (including phenoxy) is 7. The third-order valence-electron chi connectivity index (χ3n) is 17.6. The largest absolute Gasteiger partial charge is 0.456 e. The first-order chi connectivity index (χ1) is 34.6. The Bertz CT molecular complexity index is 2380. The maximum Gasteiger partial charge on any atom is 0.408 e. The number of oxazole rings is 1. The number of esters is 3. The number of likely N-dealkylation sites (tertiary alicyclic amines) is 1. The molecule has 0 radical (unpaired) electrons. The lowest BCUT2D eigenvalue weighted by Crippen LogP contribution is -2.79. The number of aliphatic hydroxyl groups excluding tert-OH is 1. The van der Waals surface area contributed by atoms with Crippen molar-refractivity contribution in [1.82, 2.24) is 15.2 Å². The number of fused-ring (bicyclic) bond motifs is 8. The maximum absolute atomic E-state index is 15.8. The van der Waals surface area contributed by atoms with Gasteiger partial charge >= 0.3 is 24.0 Å². The van der Waals surface area contributed by atoms with Crippen molar-refractivity contribution in [2.24, 2.45) is 16.7 Å². The second-order valence-electron chi connectivity index (χ2n) is 24.4. The van der Waals surface area contributed by atoms with E-state index < -0.39 is 115 Å². The van der Waals surface area contributed by atoms with E-state index in [1.54, 1.807) is 51.1 Å². The number of nitrogens with zero attached hydrogens (tertiary/aromatic N) is 2. The highest BCUT2D eigenvalue weighted by Gasteiger charge is 2.77. The van der Waals surface area contributed by atoms with Crippen molar-refractivity contribution in [3.05, 3.63) is 65.4 Å². The third-order valence-corrected chi connectivity index (χ3v) is 23.7. The molecule has 1 amide bonds. The zero-order chi connectivity index (χ0) is 54.1. The van der Waals surface area contributed by atoms with Gasteiger partial charge in [0.2, 0.25) is 14.2 Å². The smallest absolute Gasteiger partial charge is 0.408 e. The second kappa shape index (κ2) is 20.6. The molecule has 1 aromatic carbocycles. The quantitative estimate of drug-likeness (QED) is 0.0633. The highest BCUT2D eigenvalue weighted by atomic mass is 28.4. The number of aliphatic hydroxyl groups is 2. The molecule has 4 heterocycles. The molecule has 2 saturated carbocycles. The molecule has 3 aliphatic heterocycles. The highest BCUT2D eigenvalue weighted by molar-refractivity contribution is 6.77. The molecule has 8 rings (SSSR count). The summed E-state index contributed by atoms with van der Waals surface area (Å²) in [6.07, 6.45) is -3.98. The zero-order valence-corrected chi connectivity index (χ0v) is 46.8. The van der Waals surface area contributed by atoms with Crippen LogP contribution in [-0.4, -0.2) is 144 Å². The summed E-state index contributed by atoms with van der Waals surface area (Å²) in [4.78, 5) is 64.4. The Morgan fingerprint density at radius 2 is 1.65 bits per heavy atom. The maximum atomic E-state index is 15.8. The topological polar surface area (TPSA) is 224 Å². The van der Waals surface area contributed by atoms with Gasteiger partial charge in [-0.25, -0.2) is 19.4 Å². The van der Waals surface area contributed by atoms with Crippen molar-refractivity contribution in [2.75, 3.05) is 26.3 Å². The third kappa shape index (κ3) is 9.67. The molecule has 3 N–H and O–H groups in total. The van der Waals surface area contributed by atoms with E-state index in [4.69, 9.17) is 42.0 Å². The molecule has 1 aromatic heterocycles. The average Bonchev–Trinajstić information content (AvgIpc) is 3.99. The summed E-state index contributed by atoms with van der Waals surface area (Å²) < 4.78 is 59.7. The van der Waals surface area contributed by atoms with Crippen LogP contribution in [0.1, 0.15) is 145 Å². The molecule has 18 nitrogen and oxygen atoms in total. The summed E-state index contributed by atoms with van der Waals surface area (Å²) in [6, 6.07) is 7.08. The van der Waals surface area contributed by atoms with Gasteiger partial charge in [0, 0.05) is 43.3 Å². The van der Waals surface area contributed by atoms with Gasteiger partial charge in [0.1, 0.15) is 47.9 Å². The summed E-state index contributed by atoms with van der Waals surface area (Å²) in [5.41, 5.74) is -5.43. The first-order valence-electron chi connectivity index (χ1n) is 26.6. The van der Waals surface area contributed by atoms with Gasteiger partial charge in [-0.15, -0.1) is 0 Å². The van der Waals surface area contributed by atoms with Crippen LogP contribution >= 0.6 is 0 Å². The predicted octanol–water partition coefficient (Wildman–Crippen LogP) is 7.72. The minimum atomic E-state index is -3.04. The number of benzene rings is 1. The number of carbonyl (C=O) groups is 4. The predicted molar refractivity (Wildman–Crippen MR) is 272 cm³/mol. The van der Waals surface area contributed by atoms with E-state index in [2.05, 4.69) is 56.7 Å². The number of aromatic nitrogens is 1. The van der Waals surface area contributed by atoms with E-state index in [1.165, 1.54) is 19.4 Å². The first-order valence-corrected chi connectivity index (χ1v) is 28.7. The molecule has 2 bridgehead atoms. The molecule has 3 aliphatic carbocycles. The van der Waals surface area contributed by atoms with Crippen molar-refractivity contribution in [2.45, 2.75) is 211 Å². The van der Waals surface area contributed by atoms with Crippen LogP contribution < -0.4 is 5.32 Å². The molecular weight excluding hydrogens is 971 g/mol. The lowest BCUT2D eigenvalue weighted by molar-refractivity contribution is -0.345. The normalized spacial score (nSPS) is 33.4. The average molecular weight is 1050 g/mol. The van der Waals surface area contributed by atoms with Crippen LogP contribution in [0.5, 0.6) is 0 Å². The van der Waals surface area contributed by atoms with Crippen molar-refractivity contribution < 1.29 is 71.4 Å². The molecule has 6 aliphatic rings. The minimum absolute atomic E-state index is 0.0193. The SMILES string of the molecule is CC(=O)O[C@@]12CO[C@@H]1CC[C@@]1(C)[C@@H]3O[C@H](CN4CC[C@H]4CO)O[C@@H]3C3=C(C)[C@@H](OC(=O)[C@H](O[Si](C(C)C)(C(C)C)C(C)C)[C@@H](NC(=O)OC(C)(C)C)c4ncco4)C[C@@](O)([C@@H](OC(=O)c4ccccc4)[C@@H]12)C3(C)C. The number of hydrogen-bond donors (Lipinski definition) is 3. The Morgan fingerprint density at radius 1 is 0.973 bits per heavy atom. The van der Waals surface area contributed by atoms with E-state index >= 15 is 4.79 Å². The van der Waals surface area contributed by atoms with Crippen molar-refractivity contribution in [1.29, 1.82) is 0 Å². The number of amides is 1. The van der Waals surface area contributed by atoms with Gasteiger partial charge in [-0.1, -0.05) is 80.5 Å². The number of rotatable bonds is 16. The Kier molecular flexibility index (Phi) is 15.6. The number of hydrogen-bond acceptors (Lipinski definition) is 17. The van der Waals surface area contributed by atoms with Gasteiger partial charge in [-0.05, 0) is 86.9 Å². The Morgan fingerprint density at radius 3 is 2.19 bits per heavy atom. The fraction of sp³-hybridized carbons (Fsp3) is 0.727. The van der Waals surface area contributed by atoms with Crippen LogP contribution in [0.15, 0.2) is 58.4 Å². The number of carbonyl (C=O) groups excluding carboxylic acids is 4. The van der Waals surface area contributed by atoms with E-state index in [9.17, 15) is 24.6 Å². The van der Waals surface area contributed by atoms with E-state index in [-0.39, 0.29) is 53.8 Å². The second-order valence-corrected chi connectivity index (χ2v) is 29.8. The van der Waals surface area contributed by atoms with Crippen molar-refractivity contribution >= 4 is 32.3 Å². The van der Waals surface area contributed by atoms with Gasteiger partial charge in [0.25, 0.3) is 0 Å². The number of alkyl carbamates (subject to hydrolysis) is 1. The van der Waals surface area contributed by atoms with Crippen LogP contribution in [0, 0.1) is 16.7 Å². The van der Waals surface area contributed by atoms with Gasteiger partial charge in [-0.2, -0.15) is 0 Å². The van der Waals surface area contributed by atoms with Crippen molar-refractivity contribution in [3.8, 4) is 0 Å². The summed E-state index contributed by atoms with van der Waals surface area (Å²) in [7, 11) is -3.04. The van der Waals surface area contributed by atoms with Crippen LogP contribution in [0.25, 0.3) is 0 Å². The molecule has 410 valence electrons. The molecule has 0 unspecified atom stereocenters. The Balaban J connectivity index is 1.32. The molecule has 13 atom stereocenters. The van der Waals surface area contributed by atoms with Crippen molar-refractivity contribution in [3.63, 3.8) is 0 Å². The molecule has 5 fully saturated rings. The van der Waals surface area contributed by atoms with Crippen LogP contribution in [-0.2, 0) is 47.2 Å². The van der Waals surface area contributed by atoms with Crippen LogP contribution in [0.4, 0.5) is 4.79 Å². The zero-order valence-electron chi connectivity index (χ0n) is 45.8. The molecular formula is C55H81N3O15Si. The van der Waals surface area contributed by atoms with Gasteiger partial charge < -0.3 is 57.5 Å². The molecule has 74 heavy (non-hydrogen) atoms. The van der Waals surface area contributed by atoms with Gasteiger partial charge in [0.05, 0.1) is 37.0 Å². The summed E-state index contributed by atoms with van der Waals surface area (Å²) in [5, 5.41) is 27.4. The fourth-order valence-corrected chi connectivity index (χ4v) is 19.6. The molecule has 19 heteroatoms. The van der Waals surface area contributed by atoms with Crippen LogP contribution in [0.2, 0.25) is 16.6 Å². The molecule has 3 saturated heterocycles. The Labute approximate surface area is 437 Å². The highest BCUT2D eigenvalue weighted by Crippen LogP contribution is 2.67. The monoisotopic (exact) mass is 1050 g/mol. The molecule has 2 aromatic rings. The molecule has 0 spiro atoms. The summed E-state index contributed by atoms with van der Waals surface area (Å²) >= 11 is 0. The Hall–Kier alpha value is -4.21. The lowest BCUT2D eigenvalue weighted by Gasteiger charge is -2.68. The van der Waals surface area contributed by atoms with Crippen LogP contribution in [0.3, 0.4) is 0 Å². The lowest BCUT2D eigenvalue weighted by atomic mass is 9.45. The standard InChI is InChI=1S/C55H81N3O15Si/c1-30(2)74(31(3)4,32(5)6)73-43(41(47-56-23-25-65-47)57-50(63)72-51(9,10)11)49(62)67-37-26-55(64)46(70-48(61)35-18-16-15-17-19-35)44-53(14,22-20-38-54(44,29-66-38)71-34(8)60)45-42(40(33(37)7)52(55,12)13)68-39(69-45)27-58-24-21-36(58)28-59/h15-19,23,25,30-32,36-39,41-46,59,64H,20-22,24,26-29H2,1-14H3,(H,57,63)/t36-,37-,38+,39+,41+,42+,43+,44-,45+,46-,53+,54-,55+/m0/s1. The van der Waals surface area contributed by atoms with E-state index in [1.807, 2.05) is 27.7 Å². The first kappa shape index (κ1) is 56.0. The summed E-state index contributed by atoms with van der Waals surface area (Å²) in [6.45, 7) is 27.6. The van der Waals surface area contributed by atoms with E-state index in [0.717, 1.165) is 13.0 Å². The fourth-order valence-electron chi connectivity index (χ4n) is 14.1. The minimum Gasteiger partial charge on any atom is -0.456 e. The summed E-state index contributed by atoms with van der Waals surface area (Å²) in [5.74, 6) is -3.16.